The Balaban J connectivity index is 1.51. The average Bonchev–Trinajstić information content (AvgIpc) is 3.81. The summed E-state index contributed by atoms with van der Waals surface area (Å²) in [7, 11) is 1.48. The molecule has 0 aliphatic carbocycles. The first-order valence-electron chi connectivity index (χ1n) is 17.0. The quantitative estimate of drug-likeness (QED) is 0.151. The summed E-state index contributed by atoms with van der Waals surface area (Å²) in [5.41, 5.74) is 2.63. The second-order valence-electron chi connectivity index (χ2n) is 12.8. The third-order valence-electron chi connectivity index (χ3n) is 8.69. The number of benzene rings is 2. The van der Waals surface area contributed by atoms with E-state index in [2.05, 4.69) is 31.2 Å². The van der Waals surface area contributed by atoms with Crippen molar-refractivity contribution in [1.82, 2.24) is 36.1 Å². The van der Waals surface area contributed by atoms with Crippen LogP contribution in [0.4, 0.5) is 0 Å². The Bertz CT molecular complexity index is 1800. The van der Waals surface area contributed by atoms with Gasteiger partial charge in [0.2, 0.25) is 23.6 Å². The number of nitrogens with zero attached hydrogens (tertiary/aromatic N) is 1. The van der Waals surface area contributed by atoms with Gasteiger partial charge in [0.15, 0.2) is 0 Å². The van der Waals surface area contributed by atoms with Gasteiger partial charge in [0.1, 0.15) is 36.2 Å². The molecule has 2 aliphatic heterocycles. The van der Waals surface area contributed by atoms with Crippen LogP contribution in [0, 0.1) is 5.92 Å². The van der Waals surface area contributed by atoms with Crippen LogP contribution in [-0.2, 0) is 36.8 Å². The first-order chi connectivity index (χ1) is 24.6. The maximum Gasteiger partial charge on any atom is 0.268 e. The molecule has 2 aliphatic rings. The summed E-state index contributed by atoms with van der Waals surface area (Å²) in [5, 5.41) is 12.2. The second-order valence-corrected chi connectivity index (χ2v) is 12.8. The Morgan fingerprint density at radius 1 is 0.980 bits per heavy atom. The van der Waals surface area contributed by atoms with Gasteiger partial charge in [-0.3, -0.25) is 24.0 Å². The average molecular weight is 700 g/mol. The van der Waals surface area contributed by atoms with E-state index in [-0.39, 0.29) is 63.2 Å². The van der Waals surface area contributed by atoms with E-state index in [1.165, 1.54) is 12.0 Å². The van der Waals surface area contributed by atoms with Gasteiger partial charge < -0.3 is 45.6 Å². The number of aromatic nitrogens is 2. The summed E-state index contributed by atoms with van der Waals surface area (Å²) in [6.07, 6.45) is 3.58. The van der Waals surface area contributed by atoms with Gasteiger partial charge in [0.25, 0.3) is 5.91 Å². The molecule has 270 valence electrons. The smallest absolute Gasteiger partial charge is 0.268 e. The Morgan fingerprint density at radius 3 is 2.49 bits per heavy atom. The summed E-state index contributed by atoms with van der Waals surface area (Å²) in [4.78, 5) is 75.8. The molecule has 2 bridgehead atoms. The molecular formula is C37H45N7O7. The van der Waals surface area contributed by atoms with E-state index in [1.54, 1.807) is 48.8 Å². The van der Waals surface area contributed by atoms with Crippen molar-refractivity contribution in [2.24, 2.45) is 5.92 Å². The number of fused-ring (bicyclic) bond motifs is 18. The van der Waals surface area contributed by atoms with E-state index in [1.807, 2.05) is 38.1 Å². The topological polar surface area (TPSA) is 187 Å². The van der Waals surface area contributed by atoms with Gasteiger partial charge in [0.05, 0.1) is 19.7 Å². The van der Waals surface area contributed by atoms with E-state index < -0.39 is 41.8 Å². The van der Waals surface area contributed by atoms with Crippen molar-refractivity contribution >= 4 is 40.4 Å². The number of hydrogen-bond donors (Lipinski definition) is 6. The molecule has 0 unspecified atom stereocenters. The molecule has 4 aromatic rings. The molecule has 3 atom stereocenters. The molecule has 2 aromatic carbocycles. The number of methoxy groups -OCH3 is 1. The molecular weight excluding hydrogens is 654 g/mol. The lowest BCUT2D eigenvalue weighted by atomic mass is 10.0. The third-order valence-corrected chi connectivity index (χ3v) is 8.69. The Kier molecular flexibility index (Phi) is 12.5. The molecule has 14 heteroatoms. The minimum absolute atomic E-state index is 0.0399. The maximum atomic E-state index is 14.5. The van der Waals surface area contributed by atoms with E-state index in [0.29, 0.717) is 5.75 Å². The van der Waals surface area contributed by atoms with Crippen molar-refractivity contribution in [3.63, 3.8) is 0 Å². The molecule has 6 N–H and O–H groups in total. The number of H-pyrrole nitrogens is 2. The van der Waals surface area contributed by atoms with Gasteiger partial charge in [-0.1, -0.05) is 44.2 Å². The zero-order valence-electron chi connectivity index (χ0n) is 29.0. The van der Waals surface area contributed by atoms with Gasteiger partial charge >= 0.3 is 0 Å². The van der Waals surface area contributed by atoms with E-state index in [4.69, 9.17) is 9.47 Å². The standard InChI is InChI=1S/C37H45N7O7/c1-23(2)33-36(48)39-15-17-51-26-12-10-24(11-13-26)19-30(41-34(46)29-9-6-14-38-29)35(47)42-31(20-25-21-40-28-8-5-4-7-27(25)28)37(49)44(16-18-50-3)22-32(45)43-33/h4-14,21,23,30-31,33,38,40H,15-20,22H2,1-3H3,(H,39,48)(H,41,46)(H,42,47)(H,43,45)/t30-,31-,33-/m0/s1. The van der Waals surface area contributed by atoms with Crippen LogP contribution in [0.2, 0.25) is 0 Å². The molecule has 14 nitrogen and oxygen atoms in total. The number of nitrogens with one attached hydrogen (secondary N) is 6. The van der Waals surface area contributed by atoms with Crippen molar-refractivity contribution in [3.05, 3.63) is 89.9 Å². The monoisotopic (exact) mass is 699 g/mol. The molecule has 0 fully saturated rings. The van der Waals surface area contributed by atoms with Crippen molar-refractivity contribution < 1.29 is 33.4 Å². The number of ether oxygens (including phenoxy) is 2. The van der Waals surface area contributed by atoms with Crippen molar-refractivity contribution in [3.8, 4) is 5.75 Å². The largest absolute Gasteiger partial charge is 0.492 e. The van der Waals surface area contributed by atoms with Gasteiger partial charge in [-0.2, -0.15) is 0 Å². The highest BCUT2D eigenvalue weighted by molar-refractivity contribution is 5.98. The van der Waals surface area contributed by atoms with E-state index >= 15 is 0 Å². The van der Waals surface area contributed by atoms with Crippen molar-refractivity contribution in [2.75, 3.05) is 40.0 Å². The molecule has 0 saturated carbocycles. The Morgan fingerprint density at radius 2 is 1.76 bits per heavy atom. The Labute approximate surface area is 296 Å². The van der Waals surface area contributed by atoms with Gasteiger partial charge in [-0.05, 0) is 47.4 Å². The van der Waals surface area contributed by atoms with Crippen LogP contribution < -0.4 is 26.0 Å². The van der Waals surface area contributed by atoms with Gasteiger partial charge in [-0.15, -0.1) is 0 Å². The summed E-state index contributed by atoms with van der Waals surface area (Å²) < 4.78 is 11.1. The number of carbonyl (C=O) groups is 5. The first-order valence-corrected chi connectivity index (χ1v) is 17.0. The van der Waals surface area contributed by atoms with E-state index in [0.717, 1.165) is 22.0 Å². The third kappa shape index (κ3) is 9.75. The number of carbonyl (C=O) groups excluding carboxylic acids is 5. The Hall–Kier alpha value is -5.63. The molecule has 4 heterocycles. The zero-order chi connectivity index (χ0) is 36.3. The number of hydrogen-bond acceptors (Lipinski definition) is 7. The highest BCUT2D eigenvalue weighted by atomic mass is 16.5. The molecule has 6 rings (SSSR count). The molecule has 0 radical (unpaired) electrons. The van der Waals surface area contributed by atoms with Crippen LogP contribution in [0.25, 0.3) is 10.9 Å². The molecule has 0 spiro atoms. The lowest BCUT2D eigenvalue weighted by molar-refractivity contribution is -0.141. The fourth-order valence-corrected chi connectivity index (χ4v) is 5.94. The van der Waals surface area contributed by atoms with Crippen molar-refractivity contribution in [2.45, 2.75) is 44.8 Å². The number of amides is 5. The molecule has 0 saturated heterocycles. The van der Waals surface area contributed by atoms with E-state index in [9.17, 15) is 24.0 Å². The fraction of sp³-hybridized carbons (Fsp3) is 0.378. The summed E-state index contributed by atoms with van der Waals surface area (Å²) in [6, 6.07) is 14.9. The zero-order valence-corrected chi connectivity index (χ0v) is 29.0. The van der Waals surface area contributed by atoms with Crippen molar-refractivity contribution in [1.29, 1.82) is 0 Å². The molecule has 5 amide bonds. The predicted molar refractivity (Wildman–Crippen MR) is 190 cm³/mol. The lowest BCUT2D eigenvalue weighted by Gasteiger charge is -2.30. The highest BCUT2D eigenvalue weighted by Gasteiger charge is 2.33. The summed E-state index contributed by atoms with van der Waals surface area (Å²) in [6.45, 7) is 3.77. The van der Waals surface area contributed by atoms with Crippen LogP contribution in [0.1, 0.15) is 35.5 Å². The van der Waals surface area contributed by atoms with Crippen LogP contribution in [0.15, 0.2) is 73.1 Å². The second kappa shape index (κ2) is 17.3. The minimum atomic E-state index is -1.14. The van der Waals surface area contributed by atoms with Crippen LogP contribution in [0.3, 0.4) is 0 Å². The number of rotatable bonds is 8. The van der Waals surface area contributed by atoms with Gasteiger partial charge in [-0.25, -0.2) is 0 Å². The summed E-state index contributed by atoms with van der Waals surface area (Å²) in [5.74, 6) is -2.24. The lowest BCUT2D eigenvalue weighted by Crippen LogP contribution is -2.58. The summed E-state index contributed by atoms with van der Waals surface area (Å²) >= 11 is 0. The SMILES string of the molecule is COCCN1CC(=O)N[C@@H](C(C)C)C(=O)NCCOc2ccc(cc2)C[C@H](NC(=O)c2ccc[nH]2)C(=O)N[C@@H](Cc2c[nH]c3ccccc23)C1=O. The number of para-hydroxylation sites is 1. The fourth-order valence-electron chi connectivity index (χ4n) is 5.94. The van der Waals surface area contributed by atoms with Gasteiger partial charge in [0, 0.05) is 49.8 Å². The maximum absolute atomic E-state index is 14.5. The first kappa shape index (κ1) is 36.6. The van der Waals surface area contributed by atoms with Crippen LogP contribution in [-0.4, -0.2) is 102 Å². The highest BCUT2D eigenvalue weighted by Crippen LogP contribution is 2.20. The van der Waals surface area contributed by atoms with Crippen LogP contribution in [0.5, 0.6) is 5.75 Å². The normalized spacial score (nSPS) is 19.7. The number of aromatic amines is 2. The molecule has 2 aromatic heterocycles. The van der Waals surface area contributed by atoms with Crippen LogP contribution >= 0.6 is 0 Å². The molecule has 51 heavy (non-hydrogen) atoms. The predicted octanol–water partition coefficient (Wildman–Crippen LogP) is 1.69. The minimum Gasteiger partial charge on any atom is -0.492 e.